The normalized spacial score (nSPS) is 18.5. The predicted octanol–water partition coefficient (Wildman–Crippen LogP) is 4.35. The molecule has 1 N–H and O–H groups in total. The van der Waals surface area contributed by atoms with Crippen molar-refractivity contribution < 1.29 is 0 Å². The molecule has 4 rings (SSSR count). The van der Waals surface area contributed by atoms with E-state index >= 15 is 0 Å². The molecule has 1 aliphatic carbocycles. The van der Waals surface area contributed by atoms with E-state index in [1.807, 2.05) is 31.2 Å². The van der Waals surface area contributed by atoms with E-state index in [1.165, 1.54) is 11.1 Å². The van der Waals surface area contributed by atoms with Crippen LogP contribution in [0.3, 0.4) is 0 Å². The van der Waals surface area contributed by atoms with Crippen molar-refractivity contribution in [2.45, 2.75) is 38.0 Å². The quantitative estimate of drug-likeness (QED) is 0.760. The highest BCUT2D eigenvalue weighted by Gasteiger charge is 2.40. The predicted molar refractivity (Wildman–Crippen MR) is 99.8 cm³/mol. The number of benzene rings is 2. The molecule has 1 aromatic heterocycles. The fourth-order valence-electron chi connectivity index (χ4n) is 4.13. The number of aryl methyl sites for hydroxylation is 2. The Balaban J connectivity index is 1.86. The highest BCUT2D eigenvalue weighted by Crippen LogP contribution is 2.46. The summed E-state index contributed by atoms with van der Waals surface area (Å²) >= 11 is 0. The molecular weight excluding hydrogens is 308 g/mol. The Bertz CT molecular complexity index is 1070. The number of aromatic amines is 1. The summed E-state index contributed by atoms with van der Waals surface area (Å²) in [6.07, 6.45) is 1.99. The third kappa shape index (κ3) is 2.37. The summed E-state index contributed by atoms with van der Waals surface area (Å²) in [6, 6.07) is 18.9. The molecule has 0 aliphatic heterocycles. The van der Waals surface area contributed by atoms with Gasteiger partial charge in [0.05, 0.1) is 11.5 Å². The molecule has 0 unspecified atom stereocenters. The van der Waals surface area contributed by atoms with Gasteiger partial charge in [0, 0.05) is 17.0 Å². The van der Waals surface area contributed by atoms with Gasteiger partial charge in [-0.05, 0) is 60.9 Å². The van der Waals surface area contributed by atoms with E-state index in [-0.39, 0.29) is 11.5 Å². The monoisotopic (exact) mass is 328 g/mol. The Labute approximate surface area is 146 Å². The van der Waals surface area contributed by atoms with Gasteiger partial charge in [-0.15, -0.1) is 0 Å². The third-order valence-electron chi connectivity index (χ3n) is 5.69. The Morgan fingerprint density at radius 1 is 1.20 bits per heavy atom. The molecule has 3 aromatic rings. The highest BCUT2D eigenvalue weighted by molar-refractivity contribution is 5.80. The molecule has 0 bridgehead atoms. The van der Waals surface area contributed by atoms with Crippen molar-refractivity contribution in [3.8, 4) is 6.07 Å². The number of hydrogen-bond acceptors (Lipinski definition) is 2. The molecule has 1 aliphatic rings. The summed E-state index contributed by atoms with van der Waals surface area (Å²) in [6.45, 7) is 3.83. The lowest BCUT2D eigenvalue weighted by Crippen LogP contribution is -2.27. The summed E-state index contributed by atoms with van der Waals surface area (Å²) in [5, 5.41) is 11.1. The second-order valence-corrected chi connectivity index (χ2v) is 7.19. The SMILES string of the molecule is Cc1cc2ccc([C@](C)(C#N)[C@H]3CCc4ccccc43)cc2[nH]c1=O. The summed E-state index contributed by atoms with van der Waals surface area (Å²) < 4.78 is 0. The number of aromatic nitrogens is 1. The van der Waals surface area contributed by atoms with E-state index in [0.717, 1.165) is 29.3 Å². The summed E-state index contributed by atoms with van der Waals surface area (Å²) in [4.78, 5) is 14.9. The topological polar surface area (TPSA) is 56.6 Å². The van der Waals surface area contributed by atoms with E-state index in [1.54, 1.807) is 6.92 Å². The number of rotatable bonds is 2. The standard InChI is InChI=1S/C22H20N2O/c1-14-11-16-7-9-17(12-20(16)24-21(14)25)22(2,13-23)19-10-8-15-5-3-4-6-18(15)19/h3-7,9,11-12,19H,8,10H2,1-2H3,(H,24,25)/t19-,22-/m0/s1. The number of nitrogens with zero attached hydrogens (tertiary/aromatic N) is 1. The van der Waals surface area contributed by atoms with E-state index in [4.69, 9.17) is 0 Å². The lowest BCUT2D eigenvalue weighted by molar-refractivity contribution is 0.470. The molecule has 0 radical (unpaired) electrons. The van der Waals surface area contributed by atoms with Gasteiger partial charge in [-0.25, -0.2) is 0 Å². The summed E-state index contributed by atoms with van der Waals surface area (Å²) in [7, 11) is 0. The van der Waals surface area contributed by atoms with Crippen LogP contribution in [-0.2, 0) is 11.8 Å². The van der Waals surface area contributed by atoms with Crippen LogP contribution in [0.4, 0.5) is 0 Å². The lowest BCUT2D eigenvalue weighted by Gasteiger charge is -2.30. The average molecular weight is 328 g/mol. The zero-order chi connectivity index (χ0) is 17.6. The molecule has 0 amide bonds. The molecule has 124 valence electrons. The van der Waals surface area contributed by atoms with Crippen LogP contribution in [0, 0.1) is 18.3 Å². The van der Waals surface area contributed by atoms with Gasteiger partial charge in [-0.2, -0.15) is 5.26 Å². The van der Waals surface area contributed by atoms with Crippen LogP contribution in [0.5, 0.6) is 0 Å². The van der Waals surface area contributed by atoms with Gasteiger partial charge in [0.15, 0.2) is 0 Å². The minimum atomic E-state index is -0.622. The summed E-state index contributed by atoms with van der Waals surface area (Å²) in [5.74, 6) is 0.170. The third-order valence-corrected chi connectivity index (χ3v) is 5.69. The maximum absolute atomic E-state index is 12.0. The van der Waals surface area contributed by atoms with Gasteiger partial charge >= 0.3 is 0 Å². The Morgan fingerprint density at radius 2 is 2.00 bits per heavy atom. The van der Waals surface area contributed by atoms with Crippen LogP contribution in [0.15, 0.2) is 53.3 Å². The number of hydrogen-bond donors (Lipinski definition) is 1. The Morgan fingerprint density at radius 3 is 2.80 bits per heavy atom. The van der Waals surface area contributed by atoms with Crippen LogP contribution >= 0.6 is 0 Å². The highest BCUT2D eigenvalue weighted by atomic mass is 16.1. The van der Waals surface area contributed by atoms with Gasteiger partial charge in [-0.3, -0.25) is 4.79 Å². The van der Waals surface area contributed by atoms with Gasteiger partial charge in [-0.1, -0.05) is 36.4 Å². The number of nitriles is 1. The minimum absolute atomic E-state index is 0.0745. The van der Waals surface area contributed by atoms with Crippen LogP contribution in [0.2, 0.25) is 0 Å². The first-order valence-corrected chi connectivity index (χ1v) is 8.66. The first-order valence-electron chi connectivity index (χ1n) is 8.66. The van der Waals surface area contributed by atoms with E-state index in [2.05, 4.69) is 35.3 Å². The second-order valence-electron chi connectivity index (χ2n) is 7.19. The van der Waals surface area contributed by atoms with Crippen molar-refractivity contribution in [1.29, 1.82) is 5.26 Å². The maximum atomic E-state index is 12.0. The van der Waals surface area contributed by atoms with Crippen molar-refractivity contribution in [1.82, 2.24) is 4.98 Å². The van der Waals surface area contributed by atoms with Crippen LogP contribution in [0.1, 0.15) is 41.5 Å². The maximum Gasteiger partial charge on any atom is 0.251 e. The van der Waals surface area contributed by atoms with Crippen molar-refractivity contribution in [3.63, 3.8) is 0 Å². The lowest BCUT2D eigenvalue weighted by atomic mass is 9.70. The fraction of sp³-hybridized carbons (Fsp3) is 0.273. The number of fused-ring (bicyclic) bond motifs is 2. The van der Waals surface area contributed by atoms with Crippen molar-refractivity contribution >= 4 is 10.9 Å². The molecule has 0 saturated carbocycles. The van der Waals surface area contributed by atoms with Gasteiger partial charge in [0.25, 0.3) is 5.56 Å². The van der Waals surface area contributed by atoms with Crippen molar-refractivity contribution in [3.05, 3.63) is 81.1 Å². The fourth-order valence-corrected chi connectivity index (χ4v) is 4.13. The Hall–Kier alpha value is -2.86. The first kappa shape index (κ1) is 15.7. The van der Waals surface area contributed by atoms with E-state index < -0.39 is 5.41 Å². The van der Waals surface area contributed by atoms with E-state index in [9.17, 15) is 10.1 Å². The number of H-pyrrole nitrogens is 1. The average Bonchev–Trinajstić information content (AvgIpc) is 3.06. The van der Waals surface area contributed by atoms with Crippen molar-refractivity contribution in [2.75, 3.05) is 0 Å². The number of pyridine rings is 1. The van der Waals surface area contributed by atoms with Gasteiger partial charge < -0.3 is 4.98 Å². The zero-order valence-corrected chi connectivity index (χ0v) is 14.5. The molecular formula is C22H20N2O. The molecule has 0 saturated heterocycles. The molecule has 3 nitrogen and oxygen atoms in total. The molecule has 3 heteroatoms. The summed E-state index contributed by atoms with van der Waals surface area (Å²) in [5.41, 5.74) is 4.39. The van der Waals surface area contributed by atoms with Gasteiger partial charge in [0.2, 0.25) is 0 Å². The van der Waals surface area contributed by atoms with Crippen LogP contribution in [-0.4, -0.2) is 4.98 Å². The molecule has 1 heterocycles. The molecule has 25 heavy (non-hydrogen) atoms. The Kier molecular flexibility index (Phi) is 3.51. The van der Waals surface area contributed by atoms with Crippen LogP contribution < -0.4 is 5.56 Å². The first-order chi connectivity index (χ1) is 12.0. The van der Waals surface area contributed by atoms with E-state index in [0.29, 0.717) is 5.56 Å². The molecule has 2 atom stereocenters. The molecule has 0 fully saturated rings. The molecule has 0 spiro atoms. The largest absolute Gasteiger partial charge is 0.322 e. The van der Waals surface area contributed by atoms with Crippen LogP contribution in [0.25, 0.3) is 10.9 Å². The van der Waals surface area contributed by atoms with Gasteiger partial charge in [0.1, 0.15) is 0 Å². The molecule has 2 aromatic carbocycles. The number of nitrogens with one attached hydrogen (secondary N) is 1. The smallest absolute Gasteiger partial charge is 0.251 e. The minimum Gasteiger partial charge on any atom is -0.322 e. The zero-order valence-electron chi connectivity index (χ0n) is 14.5. The van der Waals surface area contributed by atoms with Crippen molar-refractivity contribution in [2.24, 2.45) is 0 Å². The second kappa shape index (κ2) is 5.60.